The molecule has 2 aromatic carbocycles. The normalized spacial score (nSPS) is 11.6. The minimum absolute atomic E-state index is 0.110. The fourth-order valence-electron chi connectivity index (χ4n) is 3.30. The summed E-state index contributed by atoms with van der Waals surface area (Å²) < 4.78 is 0. The van der Waals surface area contributed by atoms with Crippen LogP contribution in [-0.4, -0.2) is 15.0 Å². The second kappa shape index (κ2) is 9.49. The van der Waals surface area contributed by atoms with Gasteiger partial charge in [-0.3, -0.25) is 0 Å². The summed E-state index contributed by atoms with van der Waals surface area (Å²) in [5.41, 5.74) is 4.63. The third-order valence-corrected chi connectivity index (χ3v) is 5.32. The van der Waals surface area contributed by atoms with E-state index >= 15 is 0 Å². The molecule has 0 radical (unpaired) electrons. The van der Waals surface area contributed by atoms with Crippen LogP contribution in [-0.2, 0) is 11.8 Å². The molecule has 0 aliphatic heterocycles. The molecule has 0 amide bonds. The van der Waals surface area contributed by atoms with E-state index in [1.54, 1.807) is 0 Å². The Morgan fingerprint density at radius 1 is 0.724 bits per heavy atom. The zero-order valence-corrected chi connectivity index (χ0v) is 18.6. The molecule has 0 unspecified atom stereocenters. The summed E-state index contributed by atoms with van der Waals surface area (Å²) in [7, 11) is 0. The third kappa shape index (κ3) is 5.86. The predicted molar refractivity (Wildman–Crippen MR) is 122 cm³/mol. The first-order valence-corrected chi connectivity index (χ1v) is 10.9. The van der Waals surface area contributed by atoms with E-state index in [0.717, 1.165) is 17.5 Å². The first kappa shape index (κ1) is 21.4. The molecule has 3 nitrogen and oxygen atoms in total. The monoisotopic (exact) mass is 407 g/mol. The Balaban J connectivity index is 1.80. The standard InChI is InChI=1S/C25H30ClN3/c1-5-6-7-8-9-18-10-12-19(13-11-18)22-27-23(29-24(26)28-22)20-14-16-21(17-15-20)25(2,3)4/h10-17H,5-9H2,1-4H3. The number of aryl methyl sites for hydroxylation is 1. The van der Waals surface area contributed by atoms with Crippen molar-refractivity contribution in [2.45, 2.75) is 65.2 Å². The minimum atomic E-state index is 0.110. The summed E-state index contributed by atoms with van der Waals surface area (Å²) in [6.07, 6.45) is 6.21. The molecular weight excluding hydrogens is 378 g/mol. The number of unbranched alkanes of at least 4 members (excludes halogenated alkanes) is 3. The fourth-order valence-corrected chi connectivity index (χ4v) is 3.46. The lowest BCUT2D eigenvalue weighted by Gasteiger charge is -2.19. The number of hydrogen-bond acceptors (Lipinski definition) is 3. The Morgan fingerprint density at radius 2 is 1.28 bits per heavy atom. The number of benzene rings is 2. The van der Waals surface area contributed by atoms with E-state index in [1.807, 2.05) is 0 Å². The molecule has 1 heterocycles. The third-order valence-electron chi connectivity index (χ3n) is 5.15. The molecule has 0 aliphatic rings. The van der Waals surface area contributed by atoms with Gasteiger partial charge in [-0.15, -0.1) is 0 Å². The van der Waals surface area contributed by atoms with Gasteiger partial charge in [0, 0.05) is 11.1 Å². The number of aromatic nitrogens is 3. The highest BCUT2D eigenvalue weighted by atomic mass is 35.5. The number of rotatable bonds is 7. The molecule has 0 saturated heterocycles. The lowest BCUT2D eigenvalue weighted by atomic mass is 9.87. The maximum atomic E-state index is 6.22. The lowest BCUT2D eigenvalue weighted by molar-refractivity contribution is 0.590. The van der Waals surface area contributed by atoms with Gasteiger partial charge in [-0.2, -0.15) is 9.97 Å². The van der Waals surface area contributed by atoms with Crippen molar-refractivity contribution < 1.29 is 0 Å². The first-order valence-electron chi connectivity index (χ1n) is 10.5. The maximum Gasteiger partial charge on any atom is 0.226 e. The van der Waals surface area contributed by atoms with Crippen LogP contribution in [0.2, 0.25) is 5.28 Å². The molecule has 3 aromatic rings. The lowest BCUT2D eigenvalue weighted by Crippen LogP contribution is -2.10. The Morgan fingerprint density at radius 3 is 1.79 bits per heavy atom. The largest absolute Gasteiger partial charge is 0.226 e. The van der Waals surface area contributed by atoms with Crippen LogP contribution in [0.4, 0.5) is 0 Å². The predicted octanol–water partition coefficient (Wildman–Crippen LogP) is 7.28. The van der Waals surface area contributed by atoms with Crippen LogP contribution in [0, 0.1) is 0 Å². The summed E-state index contributed by atoms with van der Waals surface area (Å²) in [5, 5.41) is 0.216. The van der Waals surface area contributed by atoms with Crippen LogP contribution in [0.5, 0.6) is 0 Å². The molecule has 1 aromatic heterocycles. The van der Waals surface area contributed by atoms with Gasteiger partial charge in [0.15, 0.2) is 11.6 Å². The van der Waals surface area contributed by atoms with Crippen LogP contribution in [0.25, 0.3) is 22.8 Å². The van der Waals surface area contributed by atoms with Crippen LogP contribution in [0.3, 0.4) is 0 Å². The smallest absolute Gasteiger partial charge is 0.208 e. The van der Waals surface area contributed by atoms with Gasteiger partial charge < -0.3 is 0 Å². The molecule has 0 atom stereocenters. The topological polar surface area (TPSA) is 38.7 Å². The van der Waals surface area contributed by atoms with E-state index in [4.69, 9.17) is 11.6 Å². The second-order valence-corrected chi connectivity index (χ2v) is 8.92. The summed E-state index contributed by atoms with van der Waals surface area (Å²) in [6.45, 7) is 8.84. The van der Waals surface area contributed by atoms with Crippen LogP contribution in [0.1, 0.15) is 64.5 Å². The van der Waals surface area contributed by atoms with Crippen molar-refractivity contribution in [2.24, 2.45) is 0 Å². The molecule has 0 aliphatic carbocycles. The fraction of sp³-hybridized carbons (Fsp3) is 0.400. The van der Waals surface area contributed by atoms with Crippen molar-refractivity contribution >= 4 is 11.6 Å². The van der Waals surface area contributed by atoms with Gasteiger partial charge in [0.1, 0.15) is 0 Å². The quantitative estimate of drug-likeness (QED) is 0.386. The molecule has 4 heteroatoms. The number of nitrogens with zero attached hydrogens (tertiary/aromatic N) is 3. The van der Waals surface area contributed by atoms with Crippen molar-refractivity contribution in [2.75, 3.05) is 0 Å². The van der Waals surface area contributed by atoms with Gasteiger partial charge in [0.2, 0.25) is 5.28 Å². The number of halogens is 1. The zero-order valence-electron chi connectivity index (χ0n) is 17.9. The molecular formula is C25H30ClN3. The molecule has 29 heavy (non-hydrogen) atoms. The van der Waals surface area contributed by atoms with Crippen molar-refractivity contribution in [3.63, 3.8) is 0 Å². The average molecular weight is 408 g/mol. The summed E-state index contributed by atoms with van der Waals surface area (Å²) in [6, 6.07) is 16.8. The van der Waals surface area contributed by atoms with Crippen molar-refractivity contribution in [3.05, 3.63) is 64.9 Å². The molecule has 3 rings (SSSR count). The summed E-state index contributed by atoms with van der Waals surface area (Å²) in [5.74, 6) is 1.21. The summed E-state index contributed by atoms with van der Waals surface area (Å²) in [4.78, 5) is 13.4. The van der Waals surface area contributed by atoms with Crippen molar-refractivity contribution in [3.8, 4) is 22.8 Å². The van der Waals surface area contributed by atoms with Crippen LogP contribution in [0.15, 0.2) is 48.5 Å². The van der Waals surface area contributed by atoms with Gasteiger partial charge in [0.05, 0.1) is 0 Å². The molecule has 0 bridgehead atoms. The molecule has 0 fully saturated rings. The molecule has 0 spiro atoms. The highest BCUT2D eigenvalue weighted by Crippen LogP contribution is 2.26. The number of hydrogen-bond donors (Lipinski definition) is 0. The molecule has 0 saturated carbocycles. The average Bonchev–Trinajstić information content (AvgIpc) is 2.71. The Bertz CT molecular complexity index is 926. The Kier molecular flexibility index (Phi) is 7.02. The SMILES string of the molecule is CCCCCCc1ccc(-c2nc(Cl)nc(-c3ccc(C(C)(C)C)cc3)n2)cc1. The highest BCUT2D eigenvalue weighted by molar-refractivity contribution is 6.28. The van der Waals surface area contributed by atoms with Gasteiger partial charge in [-0.25, -0.2) is 4.98 Å². The van der Waals surface area contributed by atoms with Crippen LogP contribution >= 0.6 is 11.6 Å². The molecule has 0 N–H and O–H groups in total. The highest BCUT2D eigenvalue weighted by Gasteiger charge is 2.14. The zero-order chi connectivity index (χ0) is 20.9. The maximum absolute atomic E-state index is 6.22. The van der Waals surface area contributed by atoms with Gasteiger partial charge in [-0.1, -0.05) is 95.5 Å². The second-order valence-electron chi connectivity index (χ2n) is 8.59. The van der Waals surface area contributed by atoms with Crippen molar-refractivity contribution in [1.29, 1.82) is 0 Å². The van der Waals surface area contributed by atoms with E-state index in [1.165, 1.54) is 36.8 Å². The van der Waals surface area contributed by atoms with E-state index in [-0.39, 0.29) is 10.7 Å². The van der Waals surface area contributed by atoms with Crippen LogP contribution < -0.4 is 0 Å². The minimum Gasteiger partial charge on any atom is -0.208 e. The Hall–Kier alpha value is -2.26. The first-order chi connectivity index (χ1) is 13.9. The summed E-state index contributed by atoms with van der Waals surface area (Å²) >= 11 is 6.22. The molecule has 152 valence electrons. The van der Waals surface area contributed by atoms with E-state index in [9.17, 15) is 0 Å². The van der Waals surface area contributed by atoms with Crippen molar-refractivity contribution in [1.82, 2.24) is 15.0 Å². The van der Waals surface area contributed by atoms with E-state index in [2.05, 4.69) is 91.2 Å². The van der Waals surface area contributed by atoms with E-state index < -0.39 is 0 Å². The van der Waals surface area contributed by atoms with Gasteiger partial charge >= 0.3 is 0 Å². The Labute approximate surface area is 179 Å². The van der Waals surface area contributed by atoms with Gasteiger partial charge in [0.25, 0.3) is 0 Å². The van der Waals surface area contributed by atoms with E-state index in [0.29, 0.717) is 11.6 Å². The van der Waals surface area contributed by atoms with Gasteiger partial charge in [-0.05, 0) is 41.0 Å².